The van der Waals surface area contributed by atoms with Gasteiger partial charge in [-0.3, -0.25) is 4.79 Å². The molecule has 0 aliphatic carbocycles. The van der Waals surface area contributed by atoms with E-state index in [-0.39, 0.29) is 11.7 Å². The molecule has 0 saturated heterocycles. The maximum atomic E-state index is 13.2. The summed E-state index contributed by atoms with van der Waals surface area (Å²) in [7, 11) is 0. The summed E-state index contributed by atoms with van der Waals surface area (Å²) in [5, 5.41) is 10.2. The van der Waals surface area contributed by atoms with Crippen molar-refractivity contribution in [3.63, 3.8) is 0 Å². The molecule has 5 nitrogen and oxygen atoms in total. The quantitative estimate of drug-likeness (QED) is 0.536. The Morgan fingerprint density at radius 3 is 2.44 bits per heavy atom. The number of ketones is 1. The van der Waals surface area contributed by atoms with Gasteiger partial charge in [-0.15, -0.1) is 0 Å². The Kier molecular flexibility index (Phi) is 7.48. The lowest BCUT2D eigenvalue weighted by Crippen LogP contribution is -2.45. The number of aliphatic hydroxyl groups is 1. The van der Waals surface area contributed by atoms with Gasteiger partial charge in [-0.1, -0.05) is 55.2 Å². The fourth-order valence-corrected chi connectivity index (χ4v) is 3.39. The van der Waals surface area contributed by atoms with Crippen LogP contribution in [0, 0.1) is 17.3 Å². The van der Waals surface area contributed by atoms with Crippen LogP contribution in [0.1, 0.15) is 40.3 Å². The van der Waals surface area contributed by atoms with Gasteiger partial charge in [-0.25, -0.2) is 4.98 Å². The van der Waals surface area contributed by atoms with Crippen LogP contribution in [0.2, 0.25) is 0 Å². The Morgan fingerprint density at radius 1 is 1.33 bits per heavy atom. The molecule has 0 aliphatic rings. The van der Waals surface area contributed by atoms with Crippen LogP contribution < -0.4 is 4.74 Å². The first-order valence-corrected chi connectivity index (χ1v) is 10.1. The first-order valence-electron chi connectivity index (χ1n) is 8.87. The minimum absolute atomic E-state index is 0.00879. The van der Waals surface area contributed by atoms with Crippen molar-refractivity contribution in [3.05, 3.63) is 47.5 Å². The van der Waals surface area contributed by atoms with Crippen LogP contribution in [-0.2, 0) is 4.79 Å². The Balaban J connectivity index is 2.48. The number of hydrogen-bond acceptors (Lipinski definition) is 4. The third-order valence-electron chi connectivity index (χ3n) is 4.55. The standard InChI is InChI=1S/C20H26BrClN2O3/c1-13(2)11-16(25)17(20(3,4)19(22)26)18(24-10-9-23-12-24)27-15-7-5-14(21)6-8-15/h5-10,12-13,17-19,26H,11H2,1-4H3. The van der Waals surface area contributed by atoms with Gasteiger partial charge < -0.3 is 14.4 Å². The van der Waals surface area contributed by atoms with Gasteiger partial charge in [-0.2, -0.15) is 0 Å². The Hall–Kier alpha value is -1.37. The smallest absolute Gasteiger partial charge is 0.187 e. The fraction of sp³-hybridized carbons (Fsp3) is 0.500. The Labute approximate surface area is 173 Å². The zero-order valence-corrected chi connectivity index (χ0v) is 18.3. The molecule has 1 aromatic carbocycles. The van der Waals surface area contributed by atoms with Crippen LogP contribution in [0.3, 0.4) is 0 Å². The topological polar surface area (TPSA) is 64.4 Å². The van der Waals surface area contributed by atoms with Crippen LogP contribution >= 0.6 is 27.5 Å². The maximum Gasteiger partial charge on any atom is 0.187 e. The number of ether oxygens (including phenoxy) is 1. The molecular formula is C20H26BrClN2O3. The summed E-state index contributed by atoms with van der Waals surface area (Å²) in [5.41, 5.74) is -2.13. The molecule has 0 fully saturated rings. The number of aliphatic hydroxyl groups excluding tert-OH is 1. The van der Waals surface area contributed by atoms with E-state index in [0.29, 0.717) is 12.2 Å². The number of benzene rings is 1. The molecular weight excluding hydrogens is 432 g/mol. The minimum atomic E-state index is -1.21. The number of rotatable bonds is 9. The van der Waals surface area contributed by atoms with E-state index >= 15 is 0 Å². The highest BCUT2D eigenvalue weighted by Gasteiger charge is 2.46. The summed E-state index contributed by atoms with van der Waals surface area (Å²) in [6, 6.07) is 7.38. The summed E-state index contributed by atoms with van der Waals surface area (Å²) in [6.07, 6.45) is 4.66. The summed E-state index contributed by atoms with van der Waals surface area (Å²) in [5.74, 6) is 0.106. The lowest BCUT2D eigenvalue weighted by atomic mass is 9.73. The van der Waals surface area contributed by atoms with Gasteiger partial charge in [0.2, 0.25) is 0 Å². The highest BCUT2D eigenvalue weighted by molar-refractivity contribution is 9.10. The van der Waals surface area contributed by atoms with Crippen molar-refractivity contribution in [1.29, 1.82) is 0 Å². The molecule has 148 valence electrons. The first kappa shape index (κ1) is 21.9. The highest BCUT2D eigenvalue weighted by Crippen LogP contribution is 2.42. The lowest BCUT2D eigenvalue weighted by molar-refractivity contribution is -0.138. The molecule has 0 spiro atoms. The summed E-state index contributed by atoms with van der Waals surface area (Å²) in [6.45, 7) is 7.53. The predicted octanol–water partition coefficient (Wildman–Crippen LogP) is 5.04. The van der Waals surface area contributed by atoms with Gasteiger partial charge in [0, 0.05) is 28.7 Å². The number of hydrogen-bond donors (Lipinski definition) is 1. The van der Waals surface area contributed by atoms with Crippen LogP contribution in [0.25, 0.3) is 0 Å². The second kappa shape index (κ2) is 9.22. The van der Waals surface area contributed by atoms with Gasteiger partial charge in [0.25, 0.3) is 0 Å². The lowest BCUT2D eigenvalue weighted by Gasteiger charge is -2.40. The minimum Gasteiger partial charge on any atom is -0.469 e. The van der Waals surface area contributed by atoms with E-state index in [1.54, 1.807) is 37.1 Å². The van der Waals surface area contributed by atoms with E-state index in [1.807, 2.05) is 38.1 Å². The monoisotopic (exact) mass is 456 g/mol. The number of aromatic nitrogens is 2. The van der Waals surface area contributed by atoms with E-state index in [2.05, 4.69) is 20.9 Å². The van der Waals surface area contributed by atoms with E-state index < -0.39 is 23.1 Å². The van der Waals surface area contributed by atoms with E-state index in [4.69, 9.17) is 16.3 Å². The summed E-state index contributed by atoms with van der Waals surface area (Å²) in [4.78, 5) is 17.3. The number of carbonyl (C=O) groups is 1. The molecule has 2 aromatic rings. The van der Waals surface area contributed by atoms with Gasteiger partial charge in [0.1, 0.15) is 17.1 Å². The van der Waals surface area contributed by atoms with Gasteiger partial charge >= 0.3 is 0 Å². The zero-order chi connectivity index (χ0) is 20.2. The largest absolute Gasteiger partial charge is 0.469 e. The second-order valence-corrected chi connectivity index (χ2v) is 9.00. The van der Waals surface area contributed by atoms with Crippen LogP contribution in [-0.4, -0.2) is 26.0 Å². The number of carbonyl (C=O) groups excluding carboxylic acids is 1. The molecule has 0 saturated carbocycles. The summed E-state index contributed by atoms with van der Waals surface area (Å²) < 4.78 is 8.90. The van der Waals surface area contributed by atoms with Gasteiger partial charge in [0.15, 0.2) is 6.23 Å². The van der Waals surface area contributed by atoms with E-state index in [0.717, 1.165) is 4.47 Å². The molecule has 1 heterocycles. The van der Waals surface area contributed by atoms with Crippen molar-refractivity contribution >= 4 is 33.3 Å². The Bertz CT molecular complexity index is 730. The molecule has 0 radical (unpaired) electrons. The molecule has 3 unspecified atom stereocenters. The zero-order valence-electron chi connectivity index (χ0n) is 16.0. The van der Waals surface area contributed by atoms with Crippen LogP contribution in [0.15, 0.2) is 47.5 Å². The molecule has 0 amide bonds. The first-order chi connectivity index (χ1) is 12.6. The number of alkyl halides is 1. The average Bonchev–Trinajstić information content (AvgIpc) is 3.09. The molecule has 0 aliphatic heterocycles. The molecule has 27 heavy (non-hydrogen) atoms. The molecule has 2 rings (SSSR count). The molecule has 1 N–H and O–H groups in total. The molecule has 7 heteroatoms. The van der Waals surface area contributed by atoms with Crippen molar-refractivity contribution in [3.8, 4) is 5.75 Å². The van der Waals surface area contributed by atoms with E-state index in [1.165, 1.54) is 0 Å². The van der Waals surface area contributed by atoms with Crippen molar-refractivity contribution in [2.75, 3.05) is 0 Å². The Morgan fingerprint density at radius 2 is 1.96 bits per heavy atom. The second-order valence-electron chi connectivity index (χ2n) is 7.67. The van der Waals surface area contributed by atoms with Crippen LogP contribution in [0.5, 0.6) is 5.75 Å². The van der Waals surface area contributed by atoms with Crippen molar-refractivity contribution in [1.82, 2.24) is 9.55 Å². The van der Waals surface area contributed by atoms with Crippen molar-refractivity contribution < 1.29 is 14.6 Å². The van der Waals surface area contributed by atoms with Crippen molar-refractivity contribution in [2.45, 2.75) is 45.9 Å². The number of halogens is 2. The SMILES string of the molecule is CC(C)CC(=O)C(C(Oc1ccc(Br)cc1)n1ccnc1)C(C)(C)C(O)Cl. The third-order valence-corrected chi connectivity index (χ3v) is 5.64. The molecule has 0 bridgehead atoms. The van der Waals surface area contributed by atoms with E-state index in [9.17, 15) is 9.90 Å². The van der Waals surface area contributed by atoms with Crippen molar-refractivity contribution in [2.24, 2.45) is 17.3 Å². The van der Waals surface area contributed by atoms with Gasteiger partial charge in [-0.05, 0) is 30.2 Å². The fourth-order valence-electron chi connectivity index (χ4n) is 2.99. The number of Topliss-reactive ketones (excluding diaryl/α,β-unsaturated/α-hetero) is 1. The average molecular weight is 458 g/mol. The maximum absolute atomic E-state index is 13.2. The summed E-state index contributed by atoms with van der Waals surface area (Å²) >= 11 is 9.50. The predicted molar refractivity (Wildman–Crippen MR) is 110 cm³/mol. The highest BCUT2D eigenvalue weighted by atomic mass is 79.9. The third kappa shape index (κ3) is 5.56. The molecule has 3 atom stereocenters. The number of imidazole rings is 1. The molecule has 1 aromatic heterocycles. The van der Waals surface area contributed by atoms with Gasteiger partial charge in [0.05, 0.1) is 12.2 Å². The normalized spacial score (nSPS) is 15.4. The van der Waals surface area contributed by atoms with Crippen LogP contribution in [0.4, 0.5) is 0 Å². The number of nitrogens with zero attached hydrogens (tertiary/aromatic N) is 2.